The van der Waals surface area contributed by atoms with Gasteiger partial charge in [0.1, 0.15) is 11.9 Å². The van der Waals surface area contributed by atoms with Crippen molar-refractivity contribution in [2.75, 3.05) is 0 Å². The van der Waals surface area contributed by atoms with Crippen LogP contribution in [0.5, 0.6) is 0 Å². The molecule has 1 aromatic heterocycles. The Kier molecular flexibility index (Phi) is 3.43. The van der Waals surface area contributed by atoms with E-state index in [-0.39, 0.29) is 17.8 Å². The molecule has 19 heavy (non-hydrogen) atoms. The molecule has 0 aliphatic heterocycles. The van der Waals surface area contributed by atoms with Crippen molar-refractivity contribution in [3.63, 3.8) is 0 Å². The molecule has 0 N–H and O–H groups in total. The van der Waals surface area contributed by atoms with Crippen LogP contribution in [0.2, 0.25) is 0 Å². The first-order valence-corrected chi connectivity index (χ1v) is 5.75. The van der Waals surface area contributed by atoms with Gasteiger partial charge in [-0.15, -0.1) is 0 Å². The molecule has 2 aromatic rings. The fourth-order valence-electron chi connectivity index (χ4n) is 1.91. The summed E-state index contributed by atoms with van der Waals surface area (Å²) in [4.78, 5) is 15.7. The second kappa shape index (κ2) is 5.02. The molecule has 1 heterocycles. The second-order valence-corrected chi connectivity index (χ2v) is 4.33. The summed E-state index contributed by atoms with van der Waals surface area (Å²) in [5.41, 5.74) is 1.76. The Morgan fingerprint density at radius 1 is 1.37 bits per heavy atom. The lowest BCUT2D eigenvalue weighted by Gasteiger charge is -2.10. The van der Waals surface area contributed by atoms with Crippen LogP contribution in [0.4, 0.5) is 4.39 Å². The number of aromatic nitrogens is 2. The van der Waals surface area contributed by atoms with Crippen LogP contribution in [0.1, 0.15) is 22.5 Å². The van der Waals surface area contributed by atoms with Crippen LogP contribution in [0.25, 0.3) is 0 Å². The molecule has 4 nitrogen and oxygen atoms in total. The molecule has 96 valence electrons. The third-order valence-corrected chi connectivity index (χ3v) is 2.84. The quantitative estimate of drug-likeness (QED) is 0.825. The van der Waals surface area contributed by atoms with Crippen LogP contribution in [0, 0.1) is 31.0 Å². The van der Waals surface area contributed by atoms with Crippen LogP contribution in [0.15, 0.2) is 29.1 Å². The van der Waals surface area contributed by atoms with Gasteiger partial charge in [-0.2, -0.15) is 10.2 Å². The smallest absolute Gasteiger partial charge is 0.292 e. The van der Waals surface area contributed by atoms with Crippen molar-refractivity contribution < 1.29 is 4.39 Å². The Hall–Kier alpha value is -2.48. The van der Waals surface area contributed by atoms with Gasteiger partial charge in [-0.3, -0.25) is 4.57 Å². The number of benzene rings is 1. The van der Waals surface area contributed by atoms with Crippen molar-refractivity contribution in [1.82, 2.24) is 9.55 Å². The summed E-state index contributed by atoms with van der Waals surface area (Å²) in [6.07, 6.45) is 0. The van der Waals surface area contributed by atoms with E-state index in [1.54, 1.807) is 25.1 Å². The third kappa shape index (κ3) is 2.68. The zero-order valence-electron chi connectivity index (χ0n) is 10.6. The molecule has 0 fully saturated rings. The first-order chi connectivity index (χ1) is 9.01. The predicted molar refractivity (Wildman–Crippen MR) is 68.2 cm³/mol. The molecule has 0 saturated carbocycles. The lowest BCUT2D eigenvalue weighted by molar-refractivity contribution is 0.621. The number of nitriles is 1. The summed E-state index contributed by atoms with van der Waals surface area (Å²) < 4.78 is 14.7. The number of rotatable bonds is 2. The molecule has 0 amide bonds. The van der Waals surface area contributed by atoms with E-state index in [0.717, 1.165) is 5.69 Å². The van der Waals surface area contributed by atoms with E-state index >= 15 is 0 Å². The van der Waals surface area contributed by atoms with Gasteiger partial charge in [0.05, 0.1) is 12.1 Å². The van der Waals surface area contributed by atoms with Gasteiger partial charge in [0.25, 0.3) is 0 Å². The molecule has 0 atom stereocenters. The average molecular weight is 257 g/mol. The molecular formula is C14H12FN3O. The maximum Gasteiger partial charge on any atom is 0.348 e. The van der Waals surface area contributed by atoms with E-state index in [1.807, 2.05) is 6.92 Å². The van der Waals surface area contributed by atoms with Crippen molar-refractivity contribution in [3.05, 3.63) is 63.1 Å². The topological polar surface area (TPSA) is 58.7 Å². The monoisotopic (exact) mass is 257 g/mol. The minimum absolute atomic E-state index is 0.0247. The number of hydrogen-bond acceptors (Lipinski definition) is 3. The number of hydrogen-bond donors (Lipinski definition) is 0. The fourth-order valence-corrected chi connectivity index (χ4v) is 1.91. The molecule has 0 unspecified atom stereocenters. The minimum atomic E-state index is -0.558. The summed E-state index contributed by atoms with van der Waals surface area (Å²) in [5.74, 6) is -0.558. The highest BCUT2D eigenvalue weighted by atomic mass is 19.1. The lowest BCUT2D eigenvalue weighted by atomic mass is 10.1. The molecule has 0 spiro atoms. The van der Waals surface area contributed by atoms with Gasteiger partial charge in [-0.05, 0) is 37.6 Å². The first-order valence-electron chi connectivity index (χ1n) is 5.75. The largest absolute Gasteiger partial charge is 0.348 e. The molecule has 1 aromatic carbocycles. The first kappa shape index (κ1) is 13.0. The van der Waals surface area contributed by atoms with Gasteiger partial charge in [-0.1, -0.05) is 6.07 Å². The van der Waals surface area contributed by atoms with Crippen LogP contribution >= 0.6 is 0 Å². The standard InChI is InChI=1S/C14H12FN3O/c1-9-5-10(2)18(14(19)17-9)8-11-3-4-13(15)12(6-11)7-16/h3-6H,8H2,1-2H3. The highest BCUT2D eigenvalue weighted by Crippen LogP contribution is 2.11. The Bertz CT molecular complexity index is 728. The molecule has 0 aliphatic carbocycles. The number of nitrogens with zero attached hydrogens (tertiary/aromatic N) is 3. The van der Waals surface area contributed by atoms with E-state index in [2.05, 4.69) is 4.98 Å². The van der Waals surface area contributed by atoms with E-state index in [4.69, 9.17) is 5.26 Å². The van der Waals surface area contributed by atoms with E-state index in [1.165, 1.54) is 16.7 Å². The fraction of sp³-hybridized carbons (Fsp3) is 0.214. The maximum atomic E-state index is 13.2. The number of halogens is 1. The molecule has 0 radical (unpaired) electrons. The van der Waals surface area contributed by atoms with Crippen molar-refractivity contribution in [3.8, 4) is 6.07 Å². The SMILES string of the molecule is Cc1cc(C)n(Cc2ccc(F)c(C#N)c2)c(=O)n1. The minimum Gasteiger partial charge on any atom is -0.292 e. The Labute approximate surface area is 109 Å². The van der Waals surface area contributed by atoms with Crippen LogP contribution in [-0.2, 0) is 6.54 Å². The molecule has 2 rings (SSSR count). The highest BCUT2D eigenvalue weighted by Gasteiger charge is 2.07. The summed E-state index contributed by atoms with van der Waals surface area (Å²) in [7, 11) is 0. The molecule has 0 saturated heterocycles. The van der Waals surface area contributed by atoms with Gasteiger partial charge in [-0.25, -0.2) is 9.18 Å². The zero-order valence-corrected chi connectivity index (χ0v) is 10.6. The van der Waals surface area contributed by atoms with Crippen LogP contribution < -0.4 is 5.69 Å². The predicted octanol–water partition coefficient (Wildman–Crippen LogP) is 1.92. The Balaban J connectivity index is 2.43. The third-order valence-electron chi connectivity index (χ3n) is 2.84. The van der Waals surface area contributed by atoms with Gasteiger partial charge < -0.3 is 0 Å². The van der Waals surface area contributed by atoms with Crippen molar-refractivity contribution in [1.29, 1.82) is 5.26 Å². The van der Waals surface area contributed by atoms with Gasteiger partial charge in [0, 0.05) is 11.4 Å². The van der Waals surface area contributed by atoms with E-state index in [0.29, 0.717) is 11.3 Å². The average Bonchev–Trinajstić information content (AvgIpc) is 2.35. The molecule has 0 bridgehead atoms. The molecular weight excluding hydrogens is 245 g/mol. The Morgan fingerprint density at radius 2 is 2.11 bits per heavy atom. The lowest BCUT2D eigenvalue weighted by Crippen LogP contribution is -2.26. The van der Waals surface area contributed by atoms with Crippen molar-refractivity contribution in [2.45, 2.75) is 20.4 Å². The van der Waals surface area contributed by atoms with Crippen molar-refractivity contribution >= 4 is 0 Å². The molecule has 0 aliphatic rings. The highest BCUT2D eigenvalue weighted by molar-refractivity contribution is 5.34. The van der Waals surface area contributed by atoms with E-state index < -0.39 is 5.82 Å². The second-order valence-electron chi connectivity index (χ2n) is 4.33. The van der Waals surface area contributed by atoms with Crippen LogP contribution in [-0.4, -0.2) is 9.55 Å². The van der Waals surface area contributed by atoms with Gasteiger partial charge >= 0.3 is 5.69 Å². The van der Waals surface area contributed by atoms with Gasteiger partial charge in [0.2, 0.25) is 0 Å². The zero-order chi connectivity index (χ0) is 14.0. The van der Waals surface area contributed by atoms with Gasteiger partial charge in [0.15, 0.2) is 0 Å². The summed E-state index contributed by atoms with van der Waals surface area (Å²) in [5, 5.41) is 8.78. The maximum absolute atomic E-state index is 13.2. The normalized spacial score (nSPS) is 10.2. The summed E-state index contributed by atoms with van der Waals surface area (Å²) in [6.45, 7) is 3.84. The van der Waals surface area contributed by atoms with E-state index in [9.17, 15) is 9.18 Å². The van der Waals surface area contributed by atoms with Crippen molar-refractivity contribution in [2.24, 2.45) is 0 Å². The Morgan fingerprint density at radius 3 is 2.74 bits per heavy atom. The number of aryl methyl sites for hydroxylation is 2. The van der Waals surface area contributed by atoms with Crippen LogP contribution in [0.3, 0.4) is 0 Å². The summed E-state index contributed by atoms with van der Waals surface area (Å²) in [6, 6.07) is 7.82. The summed E-state index contributed by atoms with van der Waals surface area (Å²) >= 11 is 0. The molecule has 5 heteroatoms.